The van der Waals surface area contributed by atoms with Gasteiger partial charge in [0.2, 0.25) is 0 Å². The lowest BCUT2D eigenvalue weighted by atomic mass is 9.77. The minimum absolute atomic E-state index is 0.555. The molecule has 0 spiro atoms. The lowest BCUT2D eigenvalue weighted by Gasteiger charge is -2.38. The van der Waals surface area contributed by atoms with E-state index in [4.69, 9.17) is 0 Å². The second-order valence-electron chi connectivity index (χ2n) is 8.12. The summed E-state index contributed by atoms with van der Waals surface area (Å²) < 4.78 is 0. The predicted molar refractivity (Wildman–Crippen MR) is 79.7 cm³/mol. The summed E-state index contributed by atoms with van der Waals surface area (Å²) in [4.78, 5) is 0. The Balaban J connectivity index is 1.95. The normalized spacial score (nSPS) is 40.3. The van der Waals surface area contributed by atoms with Crippen LogP contribution in [0.25, 0.3) is 0 Å². The number of hydrogen-bond acceptors (Lipinski definition) is 1. The Morgan fingerprint density at radius 3 is 2.22 bits per heavy atom. The molecule has 106 valence electrons. The molecule has 4 atom stereocenters. The molecule has 2 aliphatic rings. The van der Waals surface area contributed by atoms with Crippen LogP contribution in [0.4, 0.5) is 0 Å². The average molecular weight is 251 g/mol. The monoisotopic (exact) mass is 251 g/mol. The molecule has 0 aliphatic heterocycles. The van der Waals surface area contributed by atoms with Gasteiger partial charge in [-0.05, 0) is 48.9 Å². The van der Waals surface area contributed by atoms with Crippen molar-refractivity contribution in [1.82, 2.24) is 5.32 Å². The van der Waals surface area contributed by atoms with Crippen LogP contribution in [-0.2, 0) is 0 Å². The van der Waals surface area contributed by atoms with E-state index in [2.05, 4.69) is 39.9 Å². The third-order valence-electron chi connectivity index (χ3n) is 5.44. The summed E-state index contributed by atoms with van der Waals surface area (Å²) in [5.41, 5.74) is 0.555. The van der Waals surface area contributed by atoms with E-state index in [9.17, 15) is 0 Å². The van der Waals surface area contributed by atoms with Crippen LogP contribution in [0.5, 0.6) is 0 Å². The van der Waals surface area contributed by atoms with Crippen LogP contribution in [0, 0.1) is 23.2 Å². The van der Waals surface area contributed by atoms with E-state index in [1.54, 1.807) is 0 Å². The third kappa shape index (κ3) is 3.29. The lowest BCUT2D eigenvalue weighted by molar-refractivity contribution is 0.182. The van der Waals surface area contributed by atoms with E-state index in [0.29, 0.717) is 5.41 Å². The van der Waals surface area contributed by atoms with Gasteiger partial charge in [0.1, 0.15) is 0 Å². The minimum Gasteiger partial charge on any atom is -0.311 e. The van der Waals surface area contributed by atoms with Crippen molar-refractivity contribution in [2.75, 3.05) is 0 Å². The van der Waals surface area contributed by atoms with Gasteiger partial charge in [-0.15, -0.1) is 0 Å². The molecule has 2 rings (SSSR count). The van der Waals surface area contributed by atoms with Gasteiger partial charge in [0, 0.05) is 12.1 Å². The van der Waals surface area contributed by atoms with E-state index in [-0.39, 0.29) is 0 Å². The van der Waals surface area contributed by atoms with Crippen molar-refractivity contribution in [3.63, 3.8) is 0 Å². The molecule has 2 saturated carbocycles. The Hall–Kier alpha value is -0.0400. The van der Waals surface area contributed by atoms with Gasteiger partial charge in [-0.2, -0.15) is 0 Å². The first-order chi connectivity index (χ1) is 8.39. The molecular weight excluding hydrogens is 218 g/mol. The van der Waals surface area contributed by atoms with Gasteiger partial charge in [-0.1, -0.05) is 47.5 Å². The van der Waals surface area contributed by atoms with Crippen molar-refractivity contribution < 1.29 is 0 Å². The second kappa shape index (κ2) is 5.53. The second-order valence-corrected chi connectivity index (χ2v) is 8.12. The molecule has 0 aromatic carbocycles. The third-order valence-corrected chi connectivity index (χ3v) is 5.44. The fourth-order valence-electron chi connectivity index (χ4n) is 4.56. The van der Waals surface area contributed by atoms with Crippen LogP contribution in [-0.4, -0.2) is 12.1 Å². The fraction of sp³-hybridized carbons (Fsp3) is 1.00. The van der Waals surface area contributed by atoms with Crippen molar-refractivity contribution in [1.29, 1.82) is 0 Å². The number of nitrogens with one attached hydrogen (secondary N) is 1. The maximum atomic E-state index is 4.05. The van der Waals surface area contributed by atoms with Crippen molar-refractivity contribution in [2.24, 2.45) is 23.2 Å². The Kier molecular flexibility index (Phi) is 4.41. The summed E-state index contributed by atoms with van der Waals surface area (Å²) >= 11 is 0. The predicted octanol–water partition coefficient (Wildman–Crippen LogP) is 4.62. The van der Waals surface area contributed by atoms with E-state index >= 15 is 0 Å². The molecule has 0 radical (unpaired) electrons. The maximum Gasteiger partial charge on any atom is 0.0101 e. The average Bonchev–Trinajstić information content (AvgIpc) is 2.52. The van der Waals surface area contributed by atoms with Crippen LogP contribution in [0.3, 0.4) is 0 Å². The molecule has 2 fully saturated rings. The topological polar surface area (TPSA) is 12.0 Å². The Morgan fingerprint density at radius 2 is 1.67 bits per heavy atom. The summed E-state index contributed by atoms with van der Waals surface area (Å²) in [5, 5.41) is 4.05. The van der Waals surface area contributed by atoms with Gasteiger partial charge in [0.25, 0.3) is 0 Å². The maximum absolute atomic E-state index is 4.05. The van der Waals surface area contributed by atoms with Crippen LogP contribution >= 0.6 is 0 Å². The summed E-state index contributed by atoms with van der Waals surface area (Å²) in [6, 6.07) is 1.56. The zero-order valence-electron chi connectivity index (χ0n) is 13.1. The van der Waals surface area contributed by atoms with Crippen molar-refractivity contribution in [2.45, 2.75) is 85.2 Å². The van der Waals surface area contributed by atoms with Gasteiger partial charge in [0.05, 0.1) is 0 Å². The van der Waals surface area contributed by atoms with Gasteiger partial charge in [-0.25, -0.2) is 0 Å². The van der Waals surface area contributed by atoms with Crippen LogP contribution in [0.2, 0.25) is 0 Å². The molecule has 0 amide bonds. The van der Waals surface area contributed by atoms with Crippen molar-refractivity contribution in [3.8, 4) is 0 Å². The molecule has 4 unspecified atom stereocenters. The molecule has 0 saturated heterocycles. The van der Waals surface area contributed by atoms with E-state index < -0.39 is 0 Å². The summed E-state index contributed by atoms with van der Waals surface area (Å²) in [6.45, 7) is 12.1. The van der Waals surface area contributed by atoms with Crippen molar-refractivity contribution >= 4 is 0 Å². The highest BCUT2D eigenvalue weighted by atomic mass is 15.0. The van der Waals surface area contributed by atoms with Crippen LogP contribution in [0.1, 0.15) is 73.1 Å². The summed E-state index contributed by atoms with van der Waals surface area (Å²) in [6.07, 6.45) is 8.50. The SMILES string of the molecule is CC(C)C1CCCCC1NC1CC(C)(C)CC1C. The summed E-state index contributed by atoms with van der Waals surface area (Å²) in [7, 11) is 0. The molecule has 1 N–H and O–H groups in total. The molecule has 0 heterocycles. The van der Waals surface area contributed by atoms with Gasteiger partial charge >= 0.3 is 0 Å². The Morgan fingerprint density at radius 1 is 1.00 bits per heavy atom. The molecule has 1 nitrogen and oxygen atoms in total. The van der Waals surface area contributed by atoms with Gasteiger partial charge in [0.15, 0.2) is 0 Å². The van der Waals surface area contributed by atoms with Gasteiger partial charge < -0.3 is 5.32 Å². The van der Waals surface area contributed by atoms with E-state index in [0.717, 1.165) is 29.8 Å². The quantitative estimate of drug-likeness (QED) is 0.772. The van der Waals surface area contributed by atoms with Gasteiger partial charge in [-0.3, -0.25) is 0 Å². The molecule has 0 aromatic heterocycles. The molecule has 0 aromatic rings. The first kappa shape index (κ1) is 14.4. The highest BCUT2D eigenvalue weighted by molar-refractivity contribution is 4.94. The highest BCUT2D eigenvalue weighted by Gasteiger charge is 2.39. The molecule has 18 heavy (non-hydrogen) atoms. The van der Waals surface area contributed by atoms with Crippen LogP contribution < -0.4 is 5.32 Å². The fourth-order valence-corrected chi connectivity index (χ4v) is 4.56. The number of rotatable bonds is 3. The lowest BCUT2D eigenvalue weighted by Crippen LogP contribution is -2.47. The summed E-state index contributed by atoms with van der Waals surface area (Å²) in [5.74, 6) is 2.61. The molecule has 2 aliphatic carbocycles. The number of hydrogen-bond donors (Lipinski definition) is 1. The molecule has 1 heteroatoms. The minimum atomic E-state index is 0.555. The Labute approximate surface area is 114 Å². The zero-order valence-corrected chi connectivity index (χ0v) is 13.1. The zero-order chi connectivity index (χ0) is 13.3. The first-order valence-electron chi connectivity index (χ1n) is 8.15. The smallest absolute Gasteiger partial charge is 0.0101 e. The Bertz CT molecular complexity index is 269. The molecule has 0 bridgehead atoms. The largest absolute Gasteiger partial charge is 0.311 e. The van der Waals surface area contributed by atoms with Crippen LogP contribution in [0.15, 0.2) is 0 Å². The highest BCUT2D eigenvalue weighted by Crippen LogP contribution is 2.42. The standard InChI is InChI=1S/C17H33N/c1-12(2)14-8-6-7-9-15(14)18-16-11-17(4,5)10-13(16)3/h12-16,18H,6-11H2,1-5H3. The molecular formula is C17H33N. The van der Waals surface area contributed by atoms with E-state index in [1.807, 2.05) is 0 Å². The van der Waals surface area contributed by atoms with Crippen molar-refractivity contribution in [3.05, 3.63) is 0 Å². The first-order valence-corrected chi connectivity index (χ1v) is 8.15. The van der Waals surface area contributed by atoms with E-state index in [1.165, 1.54) is 38.5 Å².